The van der Waals surface area contributed by atoms with Crippen LogP contribution in [-0.4, -0.2) is 13.1 Å². The number of aliphatic imine (C=N–C) groups is 1. The molecular weight excluding hydrogens is 274 g/mol. The maximum atomic E-state index is 9.25. The van der Waals surface area contributed by atoms with Crippen molar-refractivity contribution in [3.63, 3.8) is 0 Å². The van der Waals surface area contributed by atoms with E-state index in [4.69, 9.17) is 4.74 Å². The minimum atomic E-state index is -0.101. The fraction of sp³-hybridized carbons (Fsp3) is 0.222. The lowest BCUT2D eigenvalue weighted by Gasteiger charge is -2.35. The first-order valence-corrected chi connectivity index (χ1v) is 7.19. The zero-order valence-corrected chi connectivity index (χ0v) is 12.7. The third-order valence-corrected chi connectivity index (χ3v) is 3.81. The number of amidine groups is 1. The van der Waals surface area contributed by atoms with Gasteiger partial charge in [-0.25, -0.2) is 0 Å². The van der Waals surface area contributed by atoms with Gasteiger partial charge in [-0.2, -0.15) is 10.3 Å². The highest BCUT2D eigenvalue weighted by molar-refractivity contribution is 5.96. The maximum Gasteiger partial charge on any atom is 0.297 e. The summed E-state index contributed by atoms with van der Waals surface area (Å²) in [5, 5.41) is 9.25. The van der Waals surface area contributed by atoms with Gasteiger partial charge in [0.05, 0.1) is 31.3 Å². The van der Waals surface area contributed by atoms with E-state index in [1.165, 1.54) is 5.56 Å². The van der Waals surface area contributed by atoms with Crippen LogP contribution in [0.2, 0.25) is 0 Å². The Kier molecular flexibility index (Phi) is 3.80. The van der Waals surface area contributed by atoms with Crippen molar-refractivity contribution in [3.05, 3.63) is 59.7 Å². The molecule has 0 spiro atoms. The second kappa shape index (κ2) is 5.90. The average Bonchev–Trinajstić information content (AvgIpc) is 2.55. The van der Waals surface area contributed by atoms with Crippen molar-refractivity contribution in [2.75, 3.05) is 12.0 Å². The molecule has 1 aliphatic rings. The van der Waals surface area contributed by atoms with E-state index < -0.39 is 0 Å². The molecular formula is C18H17N3O. The summed E-state index contributed by atoms with van der Waals surface area (Å²) in [6.45, 7) is 2.05. The molecule has 2 aromatic rings. The lowest BCUT2D eigenvalue weighted by Crippen LogP contribution is -2.38. The van der Waals surface area contributed by atoms with Gasteiger partial charge in [0, 0.05) is 11.3 Å². The third-order valence-electron chi connectivity index (χ3n) is 3.81. The number of anilines is 1. The molecule has 1 heterocycles. The largest absolute Gasteiger partial charge is 0.468 e. The highest BCUT2D eigenvalue weighted by Crippen LogP contribution is 2.39. The van der Waals surface area contributed by atoms with E-state index >= 15 is 0 Å². The standard InChI is InChI=1S/C18H17N3O/c1-13-7-9-14(10-8-13)21-17(11-12-19)15-5-3-4-6-16(15)20-18(21)22-2/h3-10,17H,11H2,1-2H3. The summed E-state index contributed by atoms with van der Waals surface area (Å²) in [5.41, 5.74) is 4.07. The van der Waals surface area contributed by atoms with Crippen molar-refractivity contribution in [1.82, 2.24) is 0 Å². The molecule has 0 aromatic heterocycles. The minimum absolute atomic E-state index is 0.101. The van der Waals surface area contributed by atoms with Crippen molar-refractivity contribution >= 4 is 17.4 Å². The maximum absolute atomic E-state index is 9.25. The van der Waals surface area contributed by atoms with Crippen LogP contribution in [0.5, 0.6) is 0 Å². The summed E-state index contributed by atoms with van der Waals surface area (Å²) in [6.07, 6.45) is 0.368. The Hall–Kier alpha value is -2.80. The Labute approximate surface area is 130 Å². The topological polar surface area (TPSA) is 48.6 Å². The molecule has 0 saturated carbocycles. The van der Waals surface area contributed by atoms with Crippen LogP contribution in [0.25, 0.3) is 0 Å². The van der Waals surface area contributed by atoms with Crippen LogP contribution >= 0.6 is 0 Å². The molecule has 0 radical (unpaired) electrons. The summed E-state index contributed by atoms with van der Waals surface area (Å²) in [6, 6.07) is 18.7. The van der Waals surface area contributed by atoms with Gasteiger partial charge < -0.3 is 4.74 Å². The number of fused-ring (bicyclic) bond motifs is 1. The Morgan fingerprint density at radius 2 is 1.91 bits per heavy atom. The third kappa shape index (κ3) is 2.42. The number of nitrogens with zero attached hydrogens (tertiary/aromatic N) is 3. The number of rotatable bonds is 2. The molecule has 2 aromatic carbocycles. The Morgan fingerprint density at radius 1 is 1.18 bits per heavy atom. The molecule has 0 N–H and O–H groups in total. The fourth-order valence-corrected chi connectivity index (χ4v) is 2.73. The second-order valence-electron chi connectivity index (χ2n) is 5.24. The molecule has 110 valence electrons. The fourth-order valence-electron chi connectivity index (χ4n) is 2.73. The van der Waals surface area contributed by atoms with E-state index in [-0.39, 0.29) is 6.04 Å². The highest BCUT2D eigenvalue weighted by atomic mass is 16.5. The molecule has 1 aliphatic heterocycles. The van der Waals surface area contributed by atoms with E-state index in [1.807, 2.05) is 60.4 Å². The first-order chi connectivity index (χ1) is 10.7. The Bertz CT molecular complexity index is 744. The van der Waals surface area contributed by atoms with E-state index in [2.05, 4.69) is 11.1 Å². The SMILES string of the molecule is COC1=Nc2ccccc2C(CC#N)N1c1ccc(C)cc1. The molecule has 0 saturated heterocycles. The minimum Gasteiger partial charge on any atom is -0.468 e. The lowest BCUT2D eigenvalue weighted by molar-refractivity contribution is 0.382. The predicted molar refractivity (Wildman–Crippen MR) is 87.2 cm³/mol. The molecule has 1 atom stereocenters. The van der Waals surface area contributed by atoms with E-state index in [0.29, 0.717) is 12.4 Å². The van der Waals surface area contributed by atoms with Crippen LogP contribution in [0.4, 0.5) is 11.4 Å². The van der Waals surface area contributed by atoms with Crippen LogP contribution in [0.1, 0.15) is 23.6 Å². The summed E-state index contributed by atoms with van der Waals surface area (Å²) in [5.74, 6) is 0. The molecule has 22 heavy (non-hydrogen) atoms. The van der Waals surface area contributed by atoms with Crippen LogP contribution in [-0.2, 0) is 4.74 Å². The molecule has 3 rings (SSSR count). The van der Waals surface area contributed by atoms with Crippen molar-refractivity contribution < 1.29 is 4.74 Å². The molecule has 0 fully saturated rings. The number of ether oxygens (including phenoxy) is 1. The Balaban J connectivity index is 2.14. The van der Waals surface area contributed by atoms with Crippen LogP contribution in [0.3, 0.4) is 0 Å². The summed E-state index contributed by atoms with van der Waals surface area (Å²) >= 11 is 0. The first-order valence-electron chi connectivity index (χ1n) is 7.19. The van der Waals surface area contributed by atoms with Gasteiger partial charge in [-0.05, 0) is 25.1 Å². The van der Waals surface area contributed by atoms with E-state index in [1.54, 1.807) is 7.11 Å². The summed E-state index contributed by atoms with van der Waals surface area (Å²) < 4.78 is 5.49. The quantitative estimate of drug-likeness (QED) is 0.836. The van der Waals surface area contributed by atoms with Crippen molar-refractivity contribution in [2.24, 2.45) is 4.99 Å². The van der Waals surface area contributed by atoms with Gasteiger partial charge in [-0.1, -0.05) is 35.9 Å². The monoisotopic (exact) mass is 291 g/mol. The van der Waals surface area contributed by atoms with Gasteiger partial charge in [0.1, 0.15) is 0 Å². The number of hydrogen-bond acceptors (Lipinski definition) is 4. The molecule has 4 nitrogen and oxygen atoms in total. The van der Waals surface area contributed by atoms with Crippen LogP contribution < -0.4 is 4.90 Å². The van der Waals surface area contributed by atoms with Gasteiger partial charge in [0.25, 0.3) is 6.02 Å². The van der Waals surface area contributed by atoms with Gasteiger partial charge >= 0.3 is 0 Å². The molecule has 0 amide bonds. The van der Waals surface area contributed by atoms with Gasteiger partial charge in [-0.15, -0.1) is 0 Å². The summed E-state index contributed by atoms with van der Waals surface area (Å²) in [7, 11) is 1.61. The van der Waals surface area contributed by atoms with Crippen LogP contribution in [0, 0.1) is 18.3 Å². The first kappa shape index (κ1) is 14.2. The smallest absolute Gasteiger partial charge is 0.297 e. The second-order valence-corrected chi connectivity index (χ2v) is 5.24. The Morgan fingerprint density at radius 3 is 2.59 bits per heavy atom. The normalized spacial score (nSPS) is 16.5. The zero-order valence-electron chi connectivity index (χ0n) is 12.7. The number of para-hydroxylation sites is 1. The molecule has 1 unspecified atom stereocenters. The van der Waals surface area contributed by atoms with Crippen molar-refractivity contribution in [3.8, 4) is 6.07 Å². The van der Waals surface area contributed by atoms with Gasteiger partial charge in [0.15, 0.2) is 0 Å². The van der Waals surface area contributed by atoms with E-state index in [0.717, 1.165) is 16.9 Å². The number of hydrogen-bond donors (Lipinski definition) is 0. The van der Waals surface area contributed by atoms with Gasteiger partial charge in [-0.3, -0.25) is 4.90 Å². The van der Waals surface area contributed by atoms with Crippen LogP contribution in [0.15, 0.2) is 53.5 Å². The molecule has 4 heteroatoms. The molecule has 0 bridgehead atoms. The zero-order chi connectivity index (χ0) is 15.5. The van der Waals surface area contributed by atoms with Crippen molar-refractivity contribution in [1.29, 1.82) is 5.26 Å². The number of nitriles is 1. The van der Waals surface area contributed by atoms with Gasteiger partial charge in [0.2, 0.25) is 0 Å². The van der Waals surface area contributed by atoms with E-state index in [9.17, 15) is 5.26 Å². The van der Waals surface area contributed by atoms with Crippen molar-refractivity contribution in [2.45, 2.75) is 19.4 Å². The highest BCUT2D eigenvalue weighted by Gasteiger charge is 2.31. The number of methoxy groups -OCH3 is 1. The lowest BCUT2D eigenvalue weighted by atomic mass is 9.98. The average molecular weight is 291 g/mol. The summed E-state index contributed by atoms with van der Waals surface area (Å²) in [4.78, 5) is 6.58. The predicted octanol–water partition coefficient (Wildman–Crippen LogP) is 4.10. The number of benzene rings is 2. The number of aryl methyl sites for hydroxylation is 1. The molecule has 0 aliphatic carbocycles.